The van der Waals surface area contributed by atoms with Gasteiger partial charge >= 0.3 is 0 Å². The van der Waals surface area contributed by atoms with E-state index in [0.717, 1.165) is 48.5 Å². The number of hydrogen-bond acceptors (Lipinski definition) is 4. The molecule has 0 heterocycles. The second-order valence-corrected chi connectivity index (χ2v) is 16.7. The van der Waals surface area contributed by atoms with Gasteiger partial charge in [0.15, 0.2) is 46.5 Å². The molecule has 8 aromatic rings. The van der Waals surface area contributed by atoms with Gasteiger partial charge in [-0.05, 0) is 83.9 Å². The highest BCUT2D eigenvalue weighted by Gasteiger charge is 2.38. The SMILES string of the molecule is CC(C)(c1ccc(Oc2c(F)c(F)c(-c3c(F)c(F)c(Oc4ccc(Cl)cc4)c(F)c3F)c(F)c2F)cc1)c1ccc(Oc2c(F)c(F)c(-c3c(F)c(F)c(Oc4ccc(Cl)cc4)c(F)c3F)c(F)c2F)cc1. The van der Waals surface area contributed by atoms with E-state index in [4.69, 9.17) is 42.1 Å². The topological polar surface area (TPSA) is 36.9 Å². The monoisotopic (exact) mass is 1070 g/mol. The summed E-state index contributed by atoms with van der Waals surface area (Å²) in [6.45, 7) is 3.20. The molecule has 0 aliphatic heterocycles. The summed E-state index contributed by atoms with van der Waals surface area (Å²) in [5.41, 5.74) is -8.99. The van der Waals surface area contributed by atoms with Crippen molar-refractivity contribution in [2.45, 2.75) is 19.3 Å². The van der Waals surface area contributed by atoms with Crippen LogP contribution in [0.15, 0.2) is 97.1 Å². The van der Waals surface area contributed by atoms with Gasteiger partial charge in [0.2, 0.25) is 69.5 Å². The Kier molecular flexibility index (Phi) is 14.0. The van der Waals surface area contributed by atoms with Gasteiger partial charge in [-0.15, -0.1) is 0 Å². The predicted molar refractivity (Wildman–Crippen MR) is 231 cm³/mol. The maximum atomic E-state index is 15.4. The van der Waals surface area contributed by atoms with Crippen molar-refractivity contribution in [1.29, 1.82) is 0 Å². The molecule has 22 heteroatoms. The van der Waals surface area contributed by atoms with E-state index in [2.05, 4.69) is 0 Å². The molecule has 0 radical (unpaired) electrons. The van der Waals surface area contributed by atoms with E-state index in [-0.39, 0.29) is 21.5 Å². The Balaban J connectivity index is 1.01. The van der Waals surface area contributed by atoms with Crippen molar-refractivity contribution in [3.05, 3.63) is 211 Å². The van der Waals surface area contributed by atoms with Crippen LogP contribution in [-0.4, -0.2) is 0 Å². The lowest BCUT2D eigenvalue weighted by Gasteiger charge is -2.26. The molecule has 0 aliphatic carbocycles. The van der Waals surface area contributed by atoms with Gasteiger partial charge in [-0.2, -0.15) is 35.1 Å². The second-order valence-electron chi connectivity index (χ2n) is 15.8. The van der Waals surface area contributed by atoms with Crippen molar-refractivity contribution < 1.29 is 89.2 Å². The first kappa shape index (κ1) is 51.8. The molecule has 376 valence electrons. The standard InChI is InChI=1S/C51H22Cl2F16O4/c1-51(2,19-3-11-23(12-4-19)70-47-39(62)31(54)27(32(55)40(47)63)29-35(58)43(66)49(44(67)36(29)59)72-25-15-7-21(52)8-16-25)20-5-13-24(14-6-20)71-48-41(64)33(56)28(34(57)42(48)65)30-37(60)45(68)50(46(69)38(30)61)73-26-17-9-22(53)10-18-26/h3-18H,1-2H3. The first-order valence-electron chi connectivity index (χ1n) is 20.3. The molecule has 0 amide bonds. The normalized spacial score (nSPS) is 11.6. The Morgan fingerprint density at radius 3 is 0.603 bits per heavy atom. The molecule has 73 heavy (non-hydrogen) atoms. The fraction of sp³-hybridized carbons (Fsp3) is 0.0588. The van der Waals surface area contributed by atoms with Gasteiger partial charge in [0.25, 0.3) is 0 Å². The molecular formula is C51H22Cl2F16O4. The van der Waals surface area contributed by atoms with Crippen molar-refractivity contribution >= 4 is 23.2 Å². The minimum atomic E-state index is -2.51. The Labute approximate surface area is 410 Å². The molecule has 4 nitrogen and oxygen atoms in total. The molecule has 0 spiro atoms. The Morgan fingerprint density at radius 1 is 0.260 bits per heavy atom. The highest BCUT2D eigenvalue weighted by Crippen LogP contribution is 2.46. The minimum absolute atomic E-state index is 0.140. The van der Waals surface area contributed by atoms with Crippen LogP contribution in [0.5, 0.6) is 46.0 Å². The number of benzene rings is 8. The minimum Gasteiger partial charge on any atom is -0.451 e. The number of hydrogen-bond donors (Lipinski definition) is 0. The maximum Gasteiger partial charge on any atom is 0.205 e. The van der Waals surface area contributed by atoms with E-state index in [0.29, 0.717) is 11.1 Å². The lowest BCUT2D eigenvalue weighted by Crippen LogP contribution is -2.18. The van der Waals surface area contributed by atoms with Gasteiger partial charge in [0.1, 0.15) is 23.0 Å². The molecule has 0 unspecified atom stereocenters. The third-order valence-corrected chi connectivity index (χ3v) is 11.6. The van der Waals surface area contributed by atoms with E-state index in [1.165, 1.54) is 48.5 Å². The van der Waals surface area contributed by atoms with Crippen LogP contribution >= 0.6 is 23.2 Å². The van der Waals surface area contributed by atoms with Crippen LogP contribution in [0.4, 0.5) is 70.2 Å². The summed E-state index contributed by atoms with van der Waals surface area (Å²) in [5, 5.41) is 0.280. The Bertz CT molecular complexity index is 3160. The molecule has 0 aliphatic rings. The van der Waals surface area contributed by atoms with Crippen molar-refractivity contribution in [3.63, 3.8) is 0 Å². The van der Waals surface area contributed by atoms with E-state index in [1.807, 2.05) is 0 Å². The molecule has 0 fully saturated rings. The van der Waals surface area contributed by atoms with Crippen LogP contribution in [0.25, 0.3) is 22.3 Å². The fourth-order valence-corrected chi connectivity index (χ4v) is 7.46. The predicted octanol–water partition coefficient (Wildman–Crippen LogP) is 18.0. The van der Waals surface area contributed by atoms with E-state index < -0.39 is 155 Å². The maximum absolute atomic E-state index is 15.4. The quantitative estimate of drug-likeness (QED) is 0.0902. The number of rotatable bonds is 12. The first-order chi connectivity index (χ1) is 34.4. The zero-order valence-corrected chi connectivity index (χ0v) is 37.7. The van der Waals surface area contributed by atoms with Gasteiger partial charge in [-0.1, -0.05) is 61.3 Å². The fourth-order valence-electron chi connectivity index (χ4n) is 7.21. The van der Waals surface area contributed by atoms with Crippen molar-refractivity contribution in [2.24, 2.45) is 0 Å². The van der Waals surface area contributed by atoms with Crippen LogP contribution < -0.4 is 18.9 Å². The van der Waals surface area contributed by atoms with Crippen molar-refractivity contribution in [2.75, 3.05) is 0 Å². The molecule has 0 N–H and O–H groups in total. The van der Waals surface area contributed by atoms with Gasteiger partial charge in [0.05, 0.1) is 22.3 Å². The molecule has 8 rings (SSSR count). The van der Waals surface area contributed by atoms with E-state index in [1.54, 1.807) is 13.8 Å². The van der Waals surface area contributed by atoms with Crippen LogP contribution in [0.1, 0.15) is 25.0 Å². The number of halogens is 18. The Hall–Kier alpha value is -7.58. The average Bonchev–Trinajstić information content (AvgIpc) is 3.37. The summed E-state index contributed by atoms with van der Waals surface area (Å²) >= 11 is 11.4. The van der Waals surface area contributed by atoms with Gasteiger partial charge in [-0.3, -0.25) is 0 Å². The van der Waals surface area contributed by atoms with Crippen LogP contribution in [0.3, 0.4) is 0 Å². The van der Waals surface area contributed by atoms with Crippen LogP contribution in [-0.2, 0) is 5.41 Å². The summed E-state index contributed by atoms with van der Waals surface area (Å²) in [6, 6.07) is 18.4. The zero-order valence-electron chi connectivity index (χ0n) is 36.2. The summed E-state index contributed by atoms with van der Waals surface area (Å²) in [5.74, 6) is -47.4. The second kappa shape index (κ2) is 19.8. The van der Waals surface area contributed by atoms with Gasteiger partial charge in [-0.25, -0.2) is 35.1 Å². The molecule has 0 saturated carbocycles. The summed E-state index contributed by atoms with van der Waals surface area (Å²) < 4.78 is 264. The number of ether oxygens (including phenoxy) is 4. The third-order valence-electron chi connectivity index (χ3n) is 11.1. The summed E-state index contributed by atoms with van der Waals surface area (Å²) in [7, 11) is 0. The molecule has 0 aromatic heterocycles. The highest BCUT2D eigenvalue weighted by molar-refractivity contribution is 6.30. The largest absolute Gasteiger partial charge is 0.451 e. The molecule has 8 aromatic carbocycles. The summed E-state index contributed by atoms with van der Waals surface area (Å²) in [6.07, 6.45) is 0. The first-order valence-corrected chi connectivity index (χ1v) is 21.1. The van der Waals surface area contributed by atoms with Crippen molar-refractivity contribution in [1.82, 2.24) is 0 Å². The highest BCUT2D eigenvalue weighted by atomic mass is 35.5. The summed E-state index contributed by atoms with van der Waals surface area (Å²) in [4.78, 5) is 0. The lowest BCUT2D eigenvalue weighted by molar-refractivity contribution is 0.360. The van der Waals surface area contributed by atoms with Crippen molar-refractivity contribution in [3.8, 4) is 68.2 Å². The molecular weight excluding hydrogens is 1050 g/mol. The smallest absolute Gasteiger partial charge is 0.205 e. The average molecular weight is 1070 g/mol. The lowest BCUT2D eigenvalue weighted by atomic mass is 9.78. The van der Waals surface area contributed by atoms with Gasteiger partial charge in [0, 0.05) is 15.5 Å². The van der Waals surface area contributed by atoms with E-state index >= 15 is 70.2 Å². The van der Waals surface area contributed by atoms with Crippen LogP contribution in [0.2, 0.25) is 10.0 Å². The molecule has 0 atom stereocenters. The molecule has 0 bridgehead atoms. The zero-order chi connectivity index (χ0) is 53.1. The van der Waals surface area contributed by atoms with Crippen LogP contribution in [0, 0.1) is 93.1 Å². The van der Waals surface area contributed by atoms with Gasteiger partial charge < -0.3 is 18.9 Å². The van der Waals surface area contributed by atoms with E-state index in [9.17, 15) is 0 Å². The Morgan fingerprint density at radius 2 is 0.425 bits per heavy atom. The molecule has 0 saturated heterocycles. The third kappa shape index (κ3) is 9.28.